The van der Waals surface area contributed by atoms with Crippen LogP contribution in [0, 0.1) is 5.92 Å². The van der Waals surface area contributed by atoms with Crippen molar-refractivity contribution in [3.05, 3.63) is 23.8 Å². The molecule has 0 amide bonds. The topological polar surface area (TPSA) is 34.1 Å². The molecule has 0 saturated heterocycles. The van der Waals surface area contributed by atoms with Crippen molar-refractivity contribution in [2.45, 2.75) is 32.6 Å². The monoisotopic (exact) mass is 302 g/mol. The van der Waals surface area contributed by atoms with Crippen LogP contribution in [-0.2, 0) is 0 Å². The van der Waals surface area contributed by atoms with E-state index in [9.17, 15) is 0 Å². The summed E-state index contributed by atoms with van der Waals surface area (Å²) in [5.41, 5.74) is 1.10. The minimum absolute atomic E-state index is 0.649. The van der Waals surface area contributed by atoms with Crippen molar-refractivity contribution >= 4 is 5.84 Å². The van der Waals surface area contributed by atoms with Gasteiger partial charge in [0.25, 0.3) is 0 Å². The Labute approximate surface area is 133 Å². The highest BCUT2D eigenvalue weighted by atomic mass is 16.5. The predicted octanol–water partition coefficient (Wildman–Crippen LogP) is 3.35. The van der Waals surface area contributed by atoms with Crippen LogP contribution in [0.5, 0.6) is 11.5 Å². The van der Waals surface area contributed by atoms with Crippen LogP contribution in [0.2, 0.25) is 0 Å². The molecular formula is C18H26N2O2. The van der Waals surface area contributed by atoms with Crippen LogP contribution in [0.3, 0.4) is 0 Å². The maximum absolute atomic E-state index is 5.82. The predicted molar refractivity (Wildman–Crippen MR) is 89.1 cm³/mol. The van der Waals surface area contributed by atoms with E-state index in [0.717, 1.165) is 48.5 Å². The first-order valence-corrected chi connectivity index (χ1v) is 8.42. The molecule has 1 aromatic rings. The molecule has 0 spiro atoms. The quantitative estimate of drug-likeness (QED) is 0.808. The Hall–Kier alpha value is -1.71. The zero-order valence-corrected chi connectivity index (χ0v) is 13.7. The second-order valence-corrected chi connectivity index (χ2v) is 6.10. The number of ether oxygens (including phenoxy) is 2. The summed E-state index contributed by atoms with van der Waals surface area (Å²) in [5.74, 6) is 3.63. The zero-order valence-electron chi connectivity index (χ0n) is 13.7. The van der Waals surface area contributed by atoms with Gasteiger partial charge >= 0.3 is 0 Å². The number of hydrogen-bond donors (Lipinski definition) is 0. The van der Waals surface area contributed by atoms with Crippen molar-refractivity contribution in [3.8, 4) is 11.5 Å². The molecule has 0 bridgehead atoms. The summed E-state index contributed by atoms with van der Waals surface area (Å²) in [4.78, 5) is 7.19. The van der Waals surface area contributed by atoms with Gasteiger partial charge in [0.2, 0.25) is 0 Å². The first-order valence-electron chi connectivity index (χ1n) is 8.42. The average molecular weight is 302 g/mol. The van der Waals surface area contributed by atoms with Crippen LogP contribution in [0.1, 0.15) is 38.2 Å². The fourth-order valence-electron chi connectivity index (χ4n) is 3.51. The highest BCUT2D eigenvalue weighted by Crippen LogP contribution is 2.30. The van der Waals surface area contributed by atoms with Crippen molar-refractivity contribution in [1.82, 2.24) is 4.90 Å². The molecule has 22 heavy (non-hydrogen) atoms. The van der Waals surface area contributed by atoms with Gasteiger partial charge in [0.1, 0.15) is 17.3 Å². The number of benzene rings is 1. The lowest BCUT2D eigenvalue weighted by atomic mass is 10.1. The van der Waals surface area contributed by atoms with Gasteiger partial charge in [0, 0.05) is 19.2 Å². The fraction of sp³-hybridized carbons (Fsp3) is 0.611. The molecule has 0 N–H and O–H groups in total. The molecule has 4 heteroatoms. The minimum atomic E-state index is 0.649. The summed E-state index contributed by atoms with van der Waals surface area (Å²) in [5, 5.41) is 0. The second kappa shape index (κ2) is 7.03. The van der Waals surface area contributed by atoms with Crippen LogP contribution in [0.15, 0.2) is 23.2 Å². The third kappa shape index (κ3) is 3.21. The SMILES string of the molecule is CCOc1cc(OC)ccc1C1=NCCN1CC1CCCC1. The Morgan fingerprint density at radius 1 is 1.27 bits per heavy atom. The van der Waals surface area contributed by atoms with Crippen LogP contribution in [0.25, 0.3) is 0 Å². The summed E-state index contributed by atoms with van der Waals surface area (Å²) < 4.78 is 11.1. The highest BCUT2D eigenvalue weighted by molar-refractivity contribution is 6.02. The lowest BCUT2D eigenvalue weighted by Gasteiger charge is -2.25. The first-order chi connectivity index (χ1) is 10.8. The molecule has 1 aliphatic carbocycles. The molecular weight excluding hydrogens is 276 g/mol. The van der Waals surface area contributed by atoms with Gasteiger partial charge in [0.05, 0.1) is 25.8 Å². The Morgan fingerprint density at radius 3 is 2.82 bits per heavy atom. The number of hydrogen-bond acceptors (Lipinski definition) is 4. The number of aliphatic imine (C=N–C) groups is 1. The number of nitrogens with zero attached hydrogens (tertiary/aromatic N) is 2. The molecule has 4 nitrogen and oxygen atoms in total. The van der Waals surface area contributed by atoms with E-state index in [1.807, 2.05) is 19.1 Å². The Kier molecular flexibility index (Phi) is 4.86. The van der Waals surface area contributed by atoms with E-state index in [2.05, 4.69) is 11.0 Å². The minimum Gasteiger partial charge on any atom is -0.497 e. The van der Waals surface area contributed by atoms with Crippen LogP contribution < -0.4 is 9.47 Å². The molecule has 1 aliphatic heterocycles. The number of amidine groups is 1. The lowest BCUT2D eigenvalue weighted by Crippen LogP contribution is -2.33. The summed E-state index contributed by atoms with van der Waals surface area (Å²) in [6.07, 6.45) is 5.50. The van der Waals surface area contributed by atoms with Gasteiger partial charge in [-0.2, -0.15) is 0 Å². The summed E-state index contributed by atoms with van der Waals surface area (Å²) in [7, 11) is 1.68. The Bertz CT molecular complexity index is 536. The molecule has 0 radical (unpaired) electrons. The molecule has 1 saturated carbocycles. The van der Waals surface area contributed by atoms with E-state index in [4.69, 9.17) is 14.5 Å². The van der Waals surface area contributed by atoms with Crippen LogP contribution in [0.4, 0.5) is 0 Å². The summed E-state index contributed by atoms with van der Waals surface area (Å²) >= 11 is 0. The fourth-order valence-corrected chi connectivity index (χ4v) is 3.51. The third-order valence-electron chi connectivity index (χ3n) is 4.61. The van der Waals surface area contributed by atoms with Gasteiger partial charge in [-0.3, -0.25) is 4.99 Å². The number of methoxy groups -OCH3 is 1. The molecule has 120 valence electrons. The van der Waals surface area contributed by atoms with Crippen molar-refractivity contribution in [3.63, 3.8) is 0 Å². The molecule has 0 atom stereocenters. The maximum Gasteiger partial charge on any atom is 0.134 e. The summed E-state index contributed by atoms with van der Waals surface area (Å²) in [6.45, 7) is 5.71. The Balaban J connectivity index is 1.81. The van der Waals surface area contributed by atoms with Gasteiger partial charge in [-0.1, -0.05) is 12.8 Å². The van der Waals surface area contributed by atoms with E-state index >= 15 is 0 Å². The van der Waals surface area contributed by atoms with E-state index in [1.165, 1.54) is 25.7 Å². The summed E-state index contributed by atoms with van der Waals surface area (Å²) in [6, 6.07) is 6.04. The highest BCUT2D eigenvalue weighted by Gasteiger charge is 2.26. The van der Waals surface area contributed by atoms with Crippen molar-refractivity contribution in [1.29, 1.82) is 0 Å². The molecule has 0 unspecified atom stereocenters. The molecule has 1 heterocycles. The standard InChI is InChI=1S/C18H26N2O2/c1-3-22-17-12-15(21-2)8-9-16(17)18-19-10-11-20(18)13-14-6-4-5-7-14/h8-9,12,14H,3-7,10-11,13H2,1-2H3. The largest absolute Gasteiger partial charge is 0.497 e. The molecule has 1 aromatic carbocycles. The van der Waals surface area contributed by atoms with E-state index in [0.29, 0.717) is 6.61 Å². The molecule has 0 aromatic heterocycles. The molecule has 1 fully saturated rings. The van der Waals surface area contributed by atoms with Crippen molar-refractivity contribution in [2.24, 2.45) is 10.9 Å². The lowest BCUT2D eigenvalue weighted by molar-refractivity contribution is 0.332. The molecule has 3 rings (SSSR count). The van der Waals surface area contributed by atoms with Gasteiger partial charge < -0.3 is 14.4 Å². The van der Waals surface area contributed by atoms with Crippen LogP contribution in [-0.4, -0.2) is 44.1 Å². The normalized spacial score (nSPS) is 18.6. The zero-order chi connectivity index (χ0) is 15.4. The molecule has 2 aliphatic rings. The van der Waals surface area contributed by atoms with Gasteiger partial charge in [-0.15, -0.1) is 0 Å². The van der Waals surface area contributed by atoms with E-state index in [-0.39, 0.29) is 0 Å². The van der Waals surface area contributed by atoms with Gasteiger partial charge in [0.15, 0.2) is 0 Å². The Morgan fingerprint density at radius 2 is 2.09 bits per heavy atom. The average Bonchev–Trinajstić information content (AvgIpc) is 3.20. The van der Waals surface area contributed by atoms with Gasteiger partial charge in [-0.05, 0) is 37.8 Å². The van der Waals surface area contributed by atoms with Crippen molar-refractivity contribution in [2.75, 3.05) is 33.4 Å². The maximum atomic E-state index is 5.82. The van der Waals surface area contributed by atoms with E-state index < -0.39 is 0 Å². The van der Waals surface area contributed by atoms with Crippen molar-refractivity contribution < 1.29 is 9.47 Å². The third-order valence-corrected chi connectivity index (χ3v) is 4.61. The van der Waals surface area contributed by atoms with Gasteiger partial charge in [-0.25, -0.2) is 0 Å². The number of rotatable bonds is 6. The first kappa shape index (κ1) is 15.2. The second-order valence-electron chi connectivity index (χ2n) is 6.10. The van der Waals surface area contributed by atoms with Crippen LogP contribution >= 0.6 is 0 Å². The smallest absolute Gasteiger partial charge is 0.134 e. The van der Waals surface area contributed by atoms with E-state index in [1.54, 1.807) is 7.11 Å².